The highest BCUT2D eigenvalue weighted by molar-refractivity contribution is 5.93. The van der Waals surface area contributed by atoms with Crippen LogP contribution >= 0.6 is 0 Å². The summed E-state index contributed by atoms with van der Waals surface area (Å²) < 4.78 is 51.0. The summed E-state index contributed by atoms with van der Waals surface area (Å²) in [6.07, 6.45) is 0.708. The number of aliphatic imine (C=N–C) groups is 1. The van der Waals surface area contributed by atoms with E-state index in [0.717, 1.165) is 17.4 Å². The fraction of sp³-hybridized carbons (Fsp3) is 0.261. The van der Waals surface area contributed by atoms with Gasteiger partial charge in [0.25, 0.3) is 5.91 Å². The molecule has 2 aliphatic heterocycles. The van der Waals surface area contributed by atoms with Gasteiger partial charge in [-0.2, -0.15) is 13.2 Å². The first-order valence-corrected chi connectivity index (χ1v) is 10.3. The van der Waals surface area contributed by atoms with Crippen molar-refractivity contribution in [1.29, 1.82) is 0 Å². The van der Waals surface area contributed by atoms with Crippen molar-refractivity contribution in [2.75, 3.05) is 0 Å². The number of nitrogens with one attached hydrogen (secondary N) is 1. The number of nitrogens with two attached hydrogens (primary N) is 1. The number of rotatable bonds is 4. The van der Waals surface area contributed by atoms with Crippen molar-refractivity contribution in [2.24, 2.45) is 16.6 Å². The van der Waals surface area contributed by atoms with Gasteiger partial charge in [-0.15, -0.1) is 0 Å². The van der Waals surface area contributed by atoms with Crippen LogP contribution in [0.15, 0.2) is 65.3 Å². The minimum absolute atomic E-state index is 0.0446. The molecule has 1 amide bonds. The number of hydrogen-bond acceptors (Lipinski definition) is 6. The zero-order chi connectivity index (χ0) is 22.9. The van der Waals surface area contributed by atoms with Gasteiger partial charge >= 0.3 is 6.18 Å². The van der Waals surface area contributed by atoms with Crippen LogP contribution in [0.1, 0.15) is 22.0 Å². The van der Waals surface area contributed by atoms with Crippen LogP contribution in [-0.4, -0.2) is 41.1 Å². The second-order valence-electron chi connectivity index (χ2n) is 8.33. The number of alkyl halides is 3. The first kappa shape index (κ1) is 19.8. The van der Waals surface area contributed by atoms with Crippen LogP contribution in [0.2, 0.25) is 0 Å². The van der Waals surface area contributed by atoms with Gasteiger partial charge in [-0.1, -0.05) is 12.2 Å². The van der Waals surface area contributed by atoms with Gasteiger partial charge in [0.2, 0.25) is 0 Å². The summed E-state index contributed by atoms with van der Waals surface area (Å²) in [6, 6.07) is 7.66. The van der Waals surface area contributed by atoms with Gasteiger partial charge in [-0.05, 0) is 30.3 Å². The molecule has 3 N–H and O–H groups in total. The van der Waals surface area contributed by atoms with Crippen LogP contribution < -0.4 is 20.5 Å². The van der Waals surface area contributed by atoms with Crippen molar-refractivity contribution in [3.63, 3.8) is 0 Å². The Bertz CT molecular complexity index is 1270. The summed E-state index contributed by atoms with van der Waals surface area (Å²) in [5, 5.41) is 3.15. The van der Waals surface area contributed by atoms with E-state index in [0.29, 0.717) is 17.3 Å². The maximum atomic E-state index is 13.0. The van der Waals surface area contributed by atoms with Crippen LogP contribution in [0.4, 0.5) is 13.2 Å². The first-order chi connectivity index (χ1) is 15.8. The molecule has 3 heterocycles. The Hall–Kier alpha value is -3.82. The molecule has 0 saturated heterocycles. The Morgan fingerprint density at radius 3 is 2.76 bits per heavy atom. The maximum Gasteiger partial charge on any atom is 0.416 e. The molecular weight excluding hydrogens is 437 g/mol. The Kier molecular flexibility index (Phi) is 4.11. The fourth-order valence-electron chi connectivity index (χ4n) is 4.64. The van der Waals surface area contributed by atoms with E-state index in [9.17, 15) is 18.0 Å². The monoisotopic (exact) mass is 454 g/mol. The third-order valence-corrected chi connectivity index (χ3v) is 6.22. The maximum absolute atomic E-state index is 13.0. The molecule has 2 aromatic rings. The van der Waals surface area contributed by atoms with Crippen LogP contribution in [0.5, 0.6) is 17.2 Å². The quantitative estimate of drug-likeness (QED) is 0.739. The Balaban J connectivity index is 1.19. The molecule has 6 rings (SSSR count). The minimum atomic E-state index is -4.38. The van der Waals surface area contributed by atoms with Gasteiger partial charge in [0.05, 0.1) is 23.6 Å². The number of nitrogens with zero attached hydrogens (tertiary/aromatic N) is 2. The molecule has 4 aliphatic rings. The summed E-state index contributed by atoms with van der Waals surface area (Å²) in [7, 11) is 0. The van der Waals surface area contributed by atoms with Crippen molar-refractivity contribution < 1.29 is 27.4 Å². The molecule has 1 aromatic heterocycles. The normalized spacial score (nSPS) is 28.5. The van der Waals surface area contributed by atoms with Crippen LogP contribution in [0.25, 0.3) is 0 Å². The zero-order valence-corrected chi connectivity index (χ0v) is 16.9. The molecule has 1 aromatic carbocycles. The summed E-state index contributed by atoms with van der Waals surface area (Å²) in [5.74, 6) is 1.75. The average Bonchev–Trinajstić information content (AvgIpc) is 3.12. The number of aromatic nitrogens is 1. The Morgan fingerprint density at radius 1 is 1.15 bits per heavy atom. The summed E-state index contributed by atoms with van der Waals surface area (Å²) in [6.45, 7) is 0. The number of ether oxygens (including phenoxy) is 2. The first-order valence-electron chi connectivity index (χ1n) is 10.3. The molecule has 7 nitrogen and oxygen atoms in total. The number of amidine groups is 1. The zero-order valence-electron chi connectivity index (χ0n) is 16.9. The number of benzene rings is 1. The number of carbonyl (C=O) groups is 1. The standard InChI is InChI=1S/C23H17F3N4O3/c24-23(25,26)10-1-3-14-15(7-10)30-22(29-14)19-18-13-8-11(2-4-17(13)33-20(18)19)32-12-5-6-28-16(9-12)21(27)31/h1-9,14-15,18-20H,(H2,27,31)(H,29,30). The summed E-state index contributed by atoms with van der Waals surface area (Å²) in [5.41, 5.74) is 5.65. The predicted octanol–water partition coefficient (Wildman–Crippen LogP) is 3.24. The topological polar surface area (TPSA) is 98.8 Å². The third kappa shape index (κ3) is 3.33. The molecule has 10 heteroatoms. The molecule has 0 bridgehead atoms. The SMILES string of the molecule is NC(=O)c1cc(Oc2ccc3c(c2)C2C(O3)C2C2=NC3C=CC(C(F)(F)F)=CC3N2)ccn1. The molecule has 5 atom stereocenters. The van der Waals surface area contributed by atoms with E-state index in [-0.39, 0.29) is 29.7 Å². The van der Waals surface area contributed by atoms with Crippen LogP contribution in [0.3, 0.4) is 0 Å². The van der Waals surface area contributed by atoms with Crippen LogP contribution in [-0.2, 0) is 0 Å². The van der Waals surface area contributed by atoms with Gasteiger partial charge in [0, 0.05) is 23.7 Å². The lowest BCUT2D eigenvalue weighted by molar-refractivity contribution is -0.0887. The smallest absolute Gasteiger partial charge is 0.416 e. The lowest BCUT2D eigenvalue weighted by Crippen LogP contribution is -2.36. The van der Waals surface area contributed by atoms with Crippen LogP contribution in [0, 0.1) is 5.92 Å². The number of allylic oxidation sites excluding steroid dienone is 2. The molecule has 0 radical (unpaired) electrons. The molecular formula is C23H17F3N4O3. The van der Waals surface area contributed by atoms with Crippen molar-refractivity contribution in [3.05, 3.63) is 71.6 Å². The minimum Gasteiger partial charge on any atom is -0.489 e. The van der Waals surface area contributed by atoms with E-state index >= 15 is 0 Å². The average molecular weight is 454 g/mol. The number of amides is 1. The lowest BCUT2D eigenvalue weighted by Gasteiger charge is -2.19. The van der Waals surface area contributed by atoms with Gasteiger partial charge in [0.15, 0.2) is 0 Å². The Labute approximate surface area is 185 Å². The van der Waals surface area contributed by atoms with Crippen molar-refractivity contribution in [3.8, 4) is 17.2 Å². The van der Waals surface area contributed by atoms with E-state index in [1.165, 1.54) is 24.4 Å². The highest BCUT2D eigenvalue weighted by atomic mass is 19.4. The second-order valence-corrected chi connectivity index (χ2v) is 8.33. The van der Waals surface area contributed by atoms with E-state index in [1.54, 1.807) is 12.1 Å². The largest absolute Gasteiger partial charge is 0.489 e. The molecule has 168 valence electrons. The third-order valence-electron chi connectivity index (χ3n) is 6.22. The summed E-state index contributed by atoms with van der Waals surface area (Å²) >= 11 is 0. The van der Waals surface area contributed by atoms with Gasteiger partial charge in [-0.3, -0.25) is 14.8 Å². The predicted molar refractivity (Wildman–Crippen MR) is 111 cm³/mol. The van der Waals surface area contributed by atoms with E-state index in [1.807, 2.05) is 12.1 Å². The number of halogens is 3. The molecule has 0 spiro atoms. The molecule has 1 saturated carbocycles. The molecule has 33 heavy (non-hydrogen) atoms. The Morgan fingerprint density at radius 2 is 1.97 bits per heavy atom. The number of carbonyl (C=O) groups excluding carboxylic acids is 1. The van der Waals surface area contributed by atoms with Gasteiger partial charge < -0.3 is 20.5 Å². The van der Waals surface area contributed by atoms with Gasteiger partial charge in [-0.25, -0.2) is 0 Å². The number of primary amides is 1. The number of fused-ring (bicyclic) bond motifs is 4. The summed E-state index contributed by atoms with van der Waals surface area (Å²) in [4.78, 5) is 19.8. The lowest BCUT2D eigenvalue weighted by atomic mass is 9.99. The van der Waals surface area contributed by atoms with Crippen molar-refractivity contribution >= 4 is 11.7 Å². The molecule has 5 unspecified atom stereocenters. The van der Waals surface area contributed by atoms with E-state index in [2.05, 4.69) is 15.3 Å². The molecule has 2 aliphatic carbocycles. The number of hydrogen-bond donors (Lipinski definition) is 2. The second kappa shape index (κ2) is 6.84. The fourth-order valence-corrected chi connectivity index (χ4v) is 4.64. The van der Waals surface area contributed by atoms with Gasteiger partial charge in [0.1, 0.15) is 34.9 Å². The van der Waals surface area contributed by atoms with Crippen molar-refractivity contribution in [2.45, 2.75) is 30.3 Å². The highest BCUT2D eigenvalue weighted by Crippen LogP contribution is 2.59. The molecule has 1 fully saturated rings. The number of pyridine rings is 1. The van der Waals surface area contributed by atoms with E-state index < -0.39 is 23.7 Å². The van der Waals surface area contributed by atoms with Crippen molar-refractivity contribution in [1.82, 2.24) is 10.3 Å². The van der Waals surface area contributed by atoms with E-state index in [4.69, 9.17) is 15.2 Å². The highest BCUT2D eigenvalue weighted by Gasteiger charge is 2.62.